The van der Waals surface area contributed by atoms with Crippen molar-refractivity contribution in [2.75, 3.05) is 6.54 Å². The maximum atomic E-state index is 12.6. The molecule has 20 heavy (non-hydrogen) atoms. The van der Waals surface area contributed by atoms with Gasteiger partial charge in [0.25, 0.3) is 5.91 Å². The Bertz CT molecular complexity index is 554. The monoisotopic (exact) mass is 421 g/mol. The van der Waals surface area contributed by atoms with Crippen LogP contribution in [0.25, 0.3) is 0 Å². The van der Waals surface area contributed by atoms with Crippen LogP contribution in [0.5, 0.6) is 0 Å². The quantitative estimate of drug-likeness (QED) is 0.791. The second-order valence-electron chi connectivity index (χ2n) is 5.33. The lowest BCUT2D eigenvalue weighted by Gasteiger charge is -2.23. The van der Waals surface area contributed by atoms with Crippen LogP contribution in [0.15, 0.2) is 14.3 Å². The second-order valence-corrected chi connectivity index (χ2v) is 8.55. The zero-order valence-electron chi connectivity index (χ0n) is 10.5. The van der Waals surface area contributed by atoms with E-state index in [4.69, 9.17) is 0 Å². The fourth-order valence-corrected chi connectivity index (χ4v) is 5.42. The van der Waals surface area contributed by atoms with Crippen LogP contribution in [-0.2, 0) is 4.79 Å². The maximum Gasteiger partial charge on any atom is 0.326 e. The summed E-state index contributed by atoms with van der Waals surface area (Å²) in [5.74, 6) is -0.555. The van der Waals surface area contributed by atoms with Crippen LogP contribution in [0.3, 0.4) is 0 Å². The molecule has 1 aromatic heterocycles. The van der Waals surface area contributed by atoms with Gasteiger partial charge in [-0.25, -0.2) is 4.79 Å². The maximum absolute atomic E-state index is 12.6. The third kappa shape index (κ3) is 2.33. The number of amides is 1. The van der Waals surface area contributed by atoms with E-state index in [1.807, 2.05) is 0 Å². The lowest BCUT2D eigenvalue weighted by molar-refractivity contribution is -0.142. The molecule has 0 aromatic carbocycles. The largest absolute Gasteiger partial charge is 0.480 e. The van der Waals surface area contributed by atoms with Crippen LogP contribution < -0.4 is 0 Å². The highest BCUT2D eigenvalue weighted by Gasteiger charge is 2.49. The minimum absolute atomic E-state index is 0.128. The Hall–Kier alpha value is -0.400. The molecule has 0 spiro atoms. The summed E-state index contributed by atoms with van der Waals surface area (Å²) in [5.41, 5.74) is 0. The van der Waals surface area contributed by atoms with Crippen molar-refractivity contribution in [2.24, 2.45) is 11.8 Å². The molecule has 3 rings (SSSR count). The molecule has 2 fully saturated rings. The second kappa shape index (κ2) is 5.42. The van der Waals surface area contributed by atoms with Crippen LogP contribution in [0, 0.1) is 11.8 Å². The number of hydrogen-bond donors (Lipinski definition) is 1. The minimum Gasteiger partial charge on any atom is -0.480 e. The summed E-state index contributed by atoms with van der Waals surface area (Å²) in [5, 5.41) is 9.48. The summed E-state index contributed by atoms with van der Waals surface area (Å²) in [6.07, 6.45) is 3.04. The Balaban J connectivity index is 1.88. The minimum atomic E-state index is -0.873. The number of likely N-dealkylation sites (tertiary alicyclic amines) is 1. The highest BCUT2D eigenvalue weighted by molar-refractivity contribution is 9.13. The molecule has 3 unspecified atom stereocenters. The number of fused-ring (bicyclic) bond motifs is 1. The van der Waals surface area contributed by atoms with Gasteiger partial charge in [-0.1, -0.05) is 6.42 Å². The van der Waals surface area contributed by atoms with Crippen molar-refractivity contribution in [1.29, 1.82) is 0 Å². The van der Waals surface area contributed by atoms with Gasteiger partial charge in [0.15, 0.2) is 0 Å². The van der Waals surface area contributed by atoms with E-state index >= 15 is 0 Å². The van der Waals surface area contributed by atoms with Crippen molar-refractivity contribution in [3.8, 4) is 0 Å². The summed E-state index contributed by atoms with van der Waals surface area (Å²) in [6.45, 7) is 0.577. The number of carbonyl (C=O) groups is 2. The van der Waals surface area contributed by atoms with Gasteiger partial charge in [0.1, 0.15) is 6.04 Å². The molecule has 1 saturated carbocycles. The molecule has 1 aliphatic heterocycles. The third-order valence-electron chi connectivity index (χ3n) is 4.26. The van der Waals surface area contributed by atoms with Crippen LogP contribution in [-0.4, -0.2) is 34.5 Å². The van der Waals surface area contributed by atoms with Gasteiger partial charge in [-0.3, -0.25) is 4.79 Å². The molecule has 4 nitrogen and oxygen atoms in total. The van der Waals surface area contributed by atoms with E-state index < -0.39 is 12.0 Å². The van der Waals surface area contributed by atoms with Gasteiger partial charge in [-0.2, -0.15) is 0 Å². The molecule has 108 valence electrons. The van der Waals surface area contributed by atoms with Gasteiger partial charge < -0.3 is 10.0 Å². The Morgan fingerprint density at radius 1 is 1.35 bits per heavy atom. The number of thiophene rings is 1. The highest BCUT2D eigenvalue weighted by atomic mass is 79.9. The van der Waals surface area contributed by atoms with Crippen LogP contribution in [0.4, 0.5) is 0 Å². The number of rotatable bonds is 2. The zero-order chi connectivity index (χ0) is 14.4. The fraction of sp³-hybridized carbons (Fsp3) is 0.538. The van der Waals surface area contributed by atoms with Gasteiger partial charge in [0, 0.05) is 11.0 Å². The summed E-state index contributed by atoms with van der Waals surface area (Å²) in [4.78, 5) is 26.3. The molecule has 1 aromatic rings. The average Bonchev–Trinajstić information content (AvgIpc) is 3.02. The van der Waals surface area contributed by atoms with Crippen LogP contribution in [0.2, 0.25) is 0 Å². The van der Waals surface area contributed by atoms with Gasteiger partial charge in [-0.05, 0) is 62.6 Å². The number of carbonyl (C=O) groups excluding carboxylic acids is 1. The Kier molecular flexibility index (Phi) is 3.94. The van der Waals surface area contributed by atoms with E-state index in [0.29, 0.717) is 17.3 Å². The first-order chi connectivity index (χ1) is 9.49. The first kappa shape index (κ1) is 14.5. The van der Waals surface area contributed by atoms with E-state index in [1.165, 1.54) is 11.3 Å². The van der Waals surface area contributed by atoms with Crippen molar-refractivity contribution in [3.63, 3.8) is 0 Å². The molecule has 7 heteroatoms. The molecule has 2 heterocycles. The van der Waals surface area contributed by atoms with E-state index in [2.05, 4.69) is 31.9 Å². The number of hydrogen-bond acceptors (Lipinski definition) is 3. The first-order valence-electron chi connectivity index (χ1n) is 6.47. The number of carboxylic acids is 1. The van der Waals surface area contributed by atoms with Crippen LogP contribution >= 0.6 is 43.2 Å². The topological polar surface area (TPSA) is 57.6 Å². The molecule has 3 atom stereocenters. The standard InChI is InChI=1S/C13H13Br2NO3S/c14-8-4-9(20-11(8)15)12(17)16-5-6-2-1-3-7(6)10(16)13(18)19/h4,6-7,10H,1-3,5H2,(H,18,19). The SMILES string of the molecule is O=C(O)C1C2CCCC2CN1C(=O)c1cc(Br)c(Br)s1. The van der Waals surface area contributed by atoms with Crippen molar-refractivity contribution in [1.82, 2.24) is 4.90 Å². The van der Waals surface area contributed by atoms with Crippen molar-refractivity contribution in [3.05, 3.63) is 19.2 Å². The summed E-state index contributed by atoms with van der Waals surface area (Å²) < 4.78 is 1.68. The van der Waals surface area contributed by atoms with Crippen molar-refractivity contribution >= 4 is 55.1 Å². The number of aliphatic carboxylic acids is 1. The molecular formula is C13H13Br2NO3S. The third-order valence-corrected chi connectivity index (χ3v) is 7.50. The van der Waals surface area contributed by atoms with E-state index in [1.54, 1.807) is 11.0 Å². The van der Waals surface area contributed by atoms with E-state index in [9.17, 15) is 14.7 Å². The lowest BCUT2D eigenvalue weighted by Crippen LogP contribution is -2.43. The van der Waals surface area contributed by atoms with Gasteiger partial charge >= 0.3 is 5.97 Å². The van der Waals surface area contributed by atoms with E-state index in [0.717, 1.165) is 27.5 Å². The molecule has 1 amide bonds. The smallest absolute Gasteiger partial charge is 0.326 e. The molecule has 0 bridgehead atoms. The van der Waals surface area contributed by atoms with E-state index in [-0.39, 0.29) is 11.8 Å². The predicted octanol–water partition coefficient (Wildman–Crippen LogP) is 3.60. The Labute approximate surface area is 137 Å². The van der Waals surface area contributed by atoms with Crippen molar-refractivity contribution < 1.29 is 14.7 Å². The zero-order valence-corrected chi connectivity index (χ0v) is 14.5. The lowest BCUT2D eigenvalue weighted by atomic mass is 9.94. The predicted molar refractivity (Wildman–Crippen MR) is 83.0 cm³/mol. The highest BCUT2D eigenvalue weighted by Crippen LogP contribution is 2.43. The Morgan fingerprint density at radius 2 is 2.10 bits per heavy atom. The molecule has 1 saturated heterocycles. The number of nitrogens with zero attached hydrogens (tertiary/aromatic N) is 1. The number of halogens is 2. The van der Waals surface area contributed by atoms with Gasteiger partial charge in [0.2, 0.25) is 0 Å². The fourth-order valence-electron chi connectivity index (χ4n) is 3.42. The molecule has 2 aliphatic rings. The number of carboxylic acid groups (broad SMARTS) is 1. The summed E-state index contributed by atoms with van der Waals surface area (Å²) >= 11 is 8.07. The molecule has 0 radical (unpaired) electrons. The summed E-state index contributed by atoms with van der Waals surface area (Å²) in [7, 11) is 0. The van der Waals surface area contributed by atoms with Gasteiger partial charge in [0.05, 0.1) is 8.66 Å². The normalized spacial score (nSPS) is 28.7. The Morgan fingerprint density at radius 3 is 2.70 bits per heavy atom. The molecule has 1 aliphatic carbocycles. The van der Waals surface area contributed by atoms with Crippen molar-refractivity contribution in [2.45, 2.75) is 25.3 Å². The first-order valence-corrected chi connectivity index (χ1v) is 8.88. The summed E-state index contributed by atoms with van der Waals surface area (Å²) in [6, 6.07) is 1.10. The molecular weight excluding hydrogens is 410 g/mol. The molecule has 1 N–H and O–H groups in total. The van der Waals surface area contributed by atoms with Crippen LogP contribution in [0.1, 0.15) is 28.9 Å². The average molecular weight is 423 g/mol. The van der Waals surface area contributed by atoms with Gasteiger partial charge in [-0.15, -0.1) is 11.3 Å².